The van der Waals surface area contributed by atoms with Gasteiger partial charge in [0.15, 0.2) is 5.78 Å². The van der Waals surface area contributed by atoms with Crippen molar-refractivity contribution in [1.82, 2.24) is 0 Å². The number of nitrogens with one attached hydrogen (secondary N) is 1. The molecular formula is C12H13NO3. The third-order valence-electron chi connectivity index (χ3n) is 2.50. The topological polar surface area (TPSA) is 55.4 Å². The van der Waals surface area contributed by atoms with Crippen LogP contribution in [0, 0.1) is 0 Å². The molecule has 1 aromatic rings. The Hall–Kier alpha value is -1.84. The van der Waals surface area contributed by atoms with E-state index in [1.54, 1.807) is 25.1 Å². The summed E-state index contributed by atoms with van der Waals surface area (Å²) in [5.74, 6) is -0.241. The summed E-state index contributed by atoms with van der Waals surface area (Å²) in [7, 11) is 0. The average Bonchev–Trinajstić information content (AvgIpc) is 2.29. The van der Waals surface area contributed by atoms with E-state index in [1.165, 1.54) is 0 Å². The van der Waals surface area contributed by atoms with Crippen LogP contribution in [0.5, 0.6) is 0 Å². The van der Waals surface area contributed by atoms with Crippen molar-refractivity contribution in [2.24, 2.45) is 0 Å². The summed E-state index contributed by atoms with van der Waals surface area (Å²) in [6.45, 7) is 2.73. The summed E-state index contributed by atoms with van der Waals surface area (Å²) in [6, 6.07) is 4.97. The zero-order valence-corrected chi connectivity index (χ0v) is 9.08. The highest BCUT2D eigenvalue weighted by Crippen LogP contribution is 2.23. The lowest BCUT2D eigenvalue weighted by atomic mass is 10.00. The summed E-state index contributed by atoms with van der Waals surface area (Å²) in [5, 5.41) is 3.10. The molecular weight excluding hydrogens is 206 g/mol. The van der Waals surface area contributed by atoms with Gasteiger partial charge in [-0.2, -0.15) is 0 Å². The molecule has 0 bridgehead atoms. The number of carbonyl (C=O) groups excluding carboxylic acids is 2. The highest BCUT2D eigenvalue weighted by atomic mass is 16.5. The van der Waals surface area contributed by atoms with E-state index in [9.17, 15) is 9.59 Å². The molecule has 1 aliphatic heterocycles. The zero-order valence-electron chi connectivity index (χ0n) is 9.08. The smallest absolute Gasteiger partial charge is 0.338 e. The first-order chi connectivity index (χ1) is 7.72. The number of hydrogen-bond acceptors (Lipinski definition) is 4. The largest absolute Gasteiger partial charge is 0.462 e. The van der Waals surface area contributed by atoms with Crippen LogP contribution in [0.25, 0.3) is 0 Å². The second-order valence-corrected chi connectivity index (χ2v) is 3.58. The van der Waals surface area contributed by atoms with E-state index in [0.717, 1.165) is 5.69 Å². The minimum absolute atomic E-state index is 0.115. The second-order valence-electron chi connectivity index (χ2n) is 3.58. The van der Waals surface area contributed by atoms with Gasteiger partial charge >= 0.3 is 5.97 Å². The van der Waals surface area contributed by atoms with Crippen molar-refractivity contribution in [2.75, 3.05) is 18.5 Å². The summed E-state index contributed by atoms with van der Waals surface area (Å²) >= 11 is 0. The number of rotatable bonds is 2. The maximum Gasteiger partial charge on any atom is 0.338 e. The average molecular weight is 219 g/mol. The number of ether oxygens (including phenoxy) is 1. The molecule has 0 spiro atoms. The molecule has 0 saturated heterocycles. The predicted molar refractivity (Wildman–Crippen MR) is 59.8 cm³/mol. The van der Waals surface area contributed by atoms with Crippen molar-refractivity contribution in [3.8, 4) is 0 Å². The van der Waals surface area contributed by atoms with Crippen molar-refractivity contribution in [2.45, 2.75) is 13.3 Å². The van der Waals surface area contributed by atoms with E-state index in [2.05, 4.69) is 5.32 Å². The lowest BCUT2D eigenvalue weighted by Gasteiger charge is -2.17. The molecule has 0 aromatic heterocycles. The SMILES string of the molecule is CCOC(=O)c1ccc2c(c1)NCCC2=O. The molecule has 0 aliphatic carbocycles. The number of Topliss-reactive ketones (excluding diaryl/α,β-unsaturated/α-hetero) is 1. The molecule has 1 aromatic carbocycles. The fourth-order valence-corrected chi connectivity index (χ4v) is 1.72. The van der Waals surface area contributed by atoms with Gasteiger partial charge in [0, 0.05) is 24.2 Å². The van der Waals surface area contributed by atoms with E-state index in [4.69, 9.17) is 4.74 Å². The minimum atomic E-state index is -0.356. The van der Waals surface area contributed by atoms with E-state index < -0.39 is 0 Å². The van der Waals surface area contributed by atoms with Crippen molar-refractivity contribution >= 4 is 17.4 Å². The zero-order chi connectivity index (χ0) is 11.5. The third-order valence-corrected chi connectivity index (χ3v) is 2.50. The first kappa shape index (κ1) is 10.7. The Bertz CT molecular complexity index is 440. The van der Waals surface area contributed by atoms with Crippen LogP contribution < -0.4 is 5.32 Å². The number of esters is 1. The molecule has 16 heavy (non-hydrogen) atoms. The van der Waals surface area contributed by atoms with Gasteiger partial charge in [0.1, 0.15) is 0 Å². The van der Waals surface area contributed by atoms with Crippen molar-refractivity contribution in [3.05, 3.63) is 29.3 Å². The van der Waals surface area contributed by atoms with Crippen LogP contribution >= 0.6 is 0 Å². The molecule has 0 saturated carbocycles. The monoisotopic (exact) mass is 219 g/mol. The normalized spacial score (nSPS) is 13.9. The molecule has 1 aliphatic rings. The molecule has 4 heteroatoms. The van der Waals surface area contributed by atoms with Gasteiger partial charge < -0.3 is 10.1 Å². The number of fused-ring (bicyclic) bond motifs is 1. The Morgan fingerprint density at radius 1 is 1.50 bits per heavy atom. The summed E-state index contributed by atoms with van der Waals surface area (Å²) in [4.78, 5) is 23.0. The highest BCUT2D eigenvalue weighted by Gasteiger charge is 2.18. The van der Waals surface area contributed by atoms with Crippen LogP contribution in [-0.4, -0.2) is 24.9 Å². The van der Waals surface area contributed by atoms with Gasteiger partial charge in [-0.3, -0.25) is 4.79 Å². The second kappa shape index (κ2) is 4.35. The molecule has 1 N–H and O–H groups in total. The lowest BCUT2D eigenvalue weighted by molar-refractivity contribution is 0.0526. The quantitative estimate of drug-likeness (QED) is 0.771. The Kier molecular flexibility index (Phi) is 2.90. The summed E-state index contributed by atoms with van der Waals surface area (Å²) in [5.41, 5.74) is 1.85. The van der Waals surface area contributed by atoms with Crippen molar-refractivity contribution in [1.29, 1.82) is 0 Å². The van der Waals surface area contributed by atoms with Gasteiger partial charge in [-0.05, 0) is 25.1 Å². The number of ketones is 1. The number of hydrogen-bond donors (Lipinski definition) is 1. The number of benzene rings is 1. The summed E-state index contributed by atoms with van der Waals surface area (Å²) < 4.78 is 4.89. The minimum Gasteiger partial charge on any atom is -0.462 e. The van der Waals surface area contributed by atoms with Crippen molar-refractivity contribution in [3.63, 3.8) is 0 Å². The Morgan fingerprint density at radius 3 is 3.06 bits per heavy atom. The molecule has 0 fully saturated rings. The number of carbonyl (C=O) groups is 2. The lowest BCUT2D eigenvalue weighted by Crippen LogP contribution is -2.18. The van der Waals surface area contributed by atoms with E-state index >= 15 is 0 Å². The van der Waals surface area contributed by atoms with Crippen LogP contribution in [0.1, 0.15) is 34.1 Å². The van der Waals surface area contributed by atoms with Gasteiger partial charge in [0.25, 0.3) is 0 Å². The standard InChI is InChI=1S/C12H13NO3/c1-2-16-12(15)8-3-4-9-10(7-8)13-6-5-11(9)14/h3-4,7,13H,2,5-6H2,1H3. The van der Waals surface area contributed by atoms with Crippen LogP contribution in [0.15, 0.2) is 18.2 Å². The maximum atomic E-state index is 11.5. The first-order valence-electron chi connectivity index (χ1n) is 5.30. The van der Waals surface area contributed by atoms with Crippen LogP contribution in [-0.2, 0) is 4.74 Å². The fourth-order valence-electron chi connectivity index (χ4n) is 1.72. The number of anilines is 1. The van der Waals surface area contributed by atoms with Gasteiger partial charge in [0.05, 0.1) is 12.2 Å². The molecule has 0 atom stereocenters. The van der Waals surface area contributed by atoms with E-state index in [0.29, 0.717) is 30.7 Å². The first-order valence-corrected chi connectivity index (χ1v) is 5.30. The Balaban J connectivity index is 2.32. The molecule has 2 rings (SSSR count). The van der Waals surface area contributed by atoms with E-state index in [1.807, 2.05) is 0 Å². The Morgan fingerprint density at radius 2 is 2.31 bits per heavy atom. The van der Waals surface area contributed by atoms with Gasteiger partial charge in [0.2, 0.25) is 0 Å². The predicted octanol–water partition coefficient (Wildman–Crippen LogP) is 1.86. The van der Waals surface area contributed by atoms with Crippen LogP contribution in [0.2, 0.25) is 0 Å². The van der Waals surface area contributed by atoms with Gasteiger partial charge in [-0.15, -0.1) is 0 Å². The van der Waals surface area contributed by atoms with E-state index in [-0.39, 0.29) is 11.8 Å². The molecule has 1 heterocycles. The van der Waals surface area contributed by atoms with Crippen LogP contribution in [0.4, 0.5) is 5.69 Å². The Labute approximate surface area is 93.6 Å². The highest BCUT2D eigenvalue weighted by molar-refractivity contribution is 6.04. The molecule has 0 amide bonds. The fraction of sp³-hybridized carbons (Fsp3) is 0.333. The third kappa shape index (κ3) is 1.91. The van der Waals surface area contributed by atoms with Gasteiger partial charge in [-0.25, -0.2) is 4.79 Å². The molecule has 4 nitrogen and oxygen atoms in total. The van der Waals surface area contributed by atoms with Crippen LogP contribution in [0.3, 0.4) is 0 Å². The maximum absolute atomic E-state index is 11.5. The molecule has 84 valence electrons. The summed E-state index contributed by atoms with van der Waals surface area (Å²) in [6.07, 6.45) is 0.506. The van der Waals surface area contributed by atoms with Gasteiger partial charge in [-0.1, -0.05) is 0 Å². The van der Waals surface area contributed by atoms with Crippen molar-refractivity contribution < 1.29 is 14.3 Å². The molecule has 0 unspecified atom stereocenters. The molecule has 0 radical (unpaired) electrons.